The second kappa shape index (κ2) is 11.6. The van der Waals surface area contributed by atoms with E-state index < -0.39 is 11.5 Å². The van der Waals surface area contributed by atoms with Gasteiger partial charge in [-0.05, 0) is 59.1 Å². The van der Waals surface area contributed by atoms with E-state index in [1.54, 1.807) is 36.1 Å². The highest BCUT2D eigenvalue weighted by Gasteiger charge is 2.34. The molecule has 0 bridgehead atoms. The van der Waals surface area contributed by atoms with Crippen LogP contribution in [0.25, 0.3) is 28.0 Å². The Morgan fingerprint density at radius 2 is 1.90 bits per heavy atom. The zero-order chi connectivity index (χ0) is 30.3. The monoisotopic (exact) mass is 590 g/mol. The van der Waals surface area contributed by atoms with Crippen molar-refractivity contribution in [3.05, 3.63) is 82.0 Å². The Bertz CT molecular complexity index is 1760. The van der Waals surface area contributed by atoms with Gasteiger partial charge in [0.1, 0.15) is 18.0 Å². The number of benzene rings is 1. The minimum atomic E-state index is -0.589. The first-order valence-electron chi connectivity index (χ1n) is 13.5. The minimum absolute atomic E-state index is 0.158. The summed E-state index contributed by atoms with van der Waals surface area (Å²) in [4.78, 5) is 50.4. The number of aryl methyl sites for hydroxylation is 1. The molecule has 4 aromatic rings. The molecule has 0 saturated carbocycles. The van der Waals surface area contributed by atoms with Crippen molar-refractivity contribution in [2.45, 2.75) is 39.4 Å². The number of piperazine rings is 1. The van der Waals surface area contributed by atoms with E-state index >= 15 is 0 Å². The molecule has 218 valence electrons. The molecule has 4 heterocycles. The number of carbonyl (C=O) groups excluding carboxylic acids is 1. The molecule has 10 nitrogen and oxygen atoms in total. The summed E-state index contributed by atoms with van der Waals surface area (Å²) >= 11 is 6.78. The predicted octanol–water partition coefficient (Wildman–Crippen LogP) is 4.01. The van der Waals surface area contributed by atoms with E-state index in [0.717, 1.165) is 0 Å². The first-order chi connectivity index (χ1) is 20.0. The fourth-order valence-corrected chi connectivity index (χ4v) is 5.69. The number of aromatic nitrogens is 5. The minimum Gasteiger partial charge on any atom is -0.349 e. The SMILES string of the molecule is C=CC(=O)N1CC(C)N(c2nc(=O)n(-c3c(C)ncnc3CN(C)C)c3nc(-c4ccccc4F)c(Cl)cc23)CC1C. The molecule has 0 radical (unpaired) electrons. The molecule has 0 N–H and O–H groups in total. The number of halogens is 2. The van der Waals surface area contributed by atoms with Crippen LogP contribution in [0.3, 0.4) is 0 Å². The largest absolute Gasteiger partial charge is 0.355 e. The van der Waals surface area contributed by atoms with Crippen LogP contribution >= 0.6 is 11.6 Å². The Kier molecular flexibility index (Phi) is 8.07. The van der Waals surface area contributed by atoms with Crippen LogP contribution in [0.5, 0.6) is 0 Å². The number of nitrogens with zero attached hydrogens (tertiary/aromatic N) is 8. The van der Waals surface area contributed by atoms with Gasteiger partial charge in [0.05, 0.1) is 33.2 Å². The first-order valence-corrected chi connectivity index (χ1v) is 13.9. The molecule has 0 aliphatic carbocycles. The van der Waals surface area contributed by atoms with Gasteiger partial charge in [-0.25, -0.2) is 28.7 Å². The Morgan fingerprint density at radius 1 is 1.17 bits per heavy atom. The molecule has 5 rings (SSSR count). The quantitative estimate of drug-likeness (QED) is 0.311. The zero-order valence-electron chi connectivity index (χ0n) is 24.2. The van der Waals surface area contributed by atoms with Crippen LogP contribution in [0.2, 0.25) is 5.02 Å². The Labute approximate surface area is 248 Å². The average Bonchev–Trinajstić information content (AvgIpc) is 2.94. The maximum absolute atomic E-state index is 15.0. The van der Waals surface area contributed by atoms with Crippen molar-refractivity contribution in [2.24, 2.45) is 0 Å². The second-order valence-corrected chi connectivity index (χ2v) is 11.2. The van der Waals surface area contributed by atoms with Gasteiger partial charge >= 0.3 is 5.69 Å². The van der Waals surface area contributed by atoms with E-state index in [-0.39, 0.29) is 39.9 Å². The number of amides is 1. The third-order valence-corrected chi connectivity index (χ3v) is 7.70. The lowest BCUT2D eigenvalue weighted by Crippen LogP contribution is -2.58. The second-order valence-electron chi connectivity index (χ2n) is 10.8. The molecule has 1 aliphatic rings. The van der Waals surface area contributed by atoms with Crippen LogP contribution in [-0.4, -0.2) is 79.5 Å². The molecule has 0 spiro atoms. The van der Waals surface area contributed by atoms with Crippen LogP contribution in [0.1, 0.15) is 25.2 Å². The summed E-state index contributed by atoms with van der Waals surface area (Å²) in [5.41, 5.74) is 1.67. The molecular formula is C30H32ClFN8O2. The van der Waals surface area contributed by atoms with Gasteiger partial charge < -0.3 is 14.7 Å². The summed E-state index contributed by atoms with van der Waals surface area (Å²) < 4.78 is 16.4. The van der Waals surface area contributed by atoms with Crippen molar-refractivity contribution in [1.82, 2.24) is 34.3 Å². The Balaban J connectivity index is 1.81. The third-order valence-electron chi connectivity index (χ3n) is 7.42. The topological polar surface area (TPSA) is 100 Å². The van der Waals surface area contributed by atoms with Crippen molar-refractivity contribution >= 4 is 34.4 Å². The van der Waals surface area contributed by atoms with Crippen molar-refractivity contribution < 1.29 is 9.18 Å². The smallest absolute Gasteiger partial charge is 0.349 e. The highest BCUT2D eigenvalue weighted by Crippen LogP contribution is 2.36. The normalized spacial score (nSPS) is 17.2. The molecule has 2 unspecified atom stereocenters. The van der Waals surface area contributed by atoms with E-state index in [0.29, 0.717) is 47.9 Å². The Hall–Kier alpha value is -4.22. The van der Waals surface area contributed by atoms with Gasteiger partial charge in [0.25, 0.3) is 0 Å². The van der Waals surface area contributed by atoms with Crippen LogP contribution < -0.4 is 10.6 Å². The van der Waals surface area contributed by atoms with Gasteiger partial charge in [0.2, 0.25) is 5.91 Å². The molecule has 42 heavy (non-hydrogen) atoms. The number of hydrogen-bond donors (Lipinski definition) is 0. The molecule has 2 atom stereocenters. The lowest BCUT2D eigenvalue weighted by atomic mass is 10.1. The van der Waals surface area contributed by atoms with Crippen molar-refractivity contribution in [3.8, 4) is 16.9 Å². The van der Waals surface area contributed by atoms with E-state index in [1.165, 1.54) is 23.0 Å². The fourth-order valence-electron chi connectivity index (χ4n) is 5.44. The van der Waals surface area contributed by atoms with Gasteiger partial charge in [-0.15, -0.1) is 0 Å². The van der Waals surface area contributed by atoms with Crippen LogP contribution in [0.4, 0.5) is 10.2 Å². The summed E-state index contributed by atoms with van der Waals surface area (Å²) in [6, 6.07) is 7.52. The summed E-state index contributed by atoms with van der Waals surface area (Å²) in [7, 11) is 3.80. The van der Waals surface area contributed by atoms with E-state index in [1.807, 2.05) is 37.7 Å². The zero-order valence-corrected chi connectivity index (χ0v) is 24.9. The predicted molar refractivity (Wildman–Crippen MR) is 161 cm³/mol. The Morgan fingerprint density at radius 3 is 2.60 bits per heavy atom. The van der Waals surface area contributed by atoms with Gasteiger partial charge in [-0.3, -0.25) is 4.79 Å². The summed E-state index contributed by atoms with van der Waals surface area (Å²) in [5, 5.41) is 0.706. The lowest BCUT2D eigenvalue weighted by Gasteiger charge is -2.44. The molecule has 1 aromatic carbocycles. The number of fused-ring (bicyclic) bond motifs is 1. The molecule has 1 amide bonds. The van der Waals surface area contributed by atoms with Gasteiger partial charge in [0.15, 0.2) is 5.65 Å². The highest BCUT2D eigenvalue weighted by molar-refractivity contribution is 6.33. The average molecular weight is 591 g/mol. The fraction of sp³-hybridized carbons (Fsp3) is 0.333. The number of rotatable bonds is 6. The summed E-state index contributed by atoms with van der Waals surface area (Å²) in [5.74, 6) is -0.267. The van der Waals surface area contributed by atoms with Crippen LogP contribution in [0, 0.1) is 12.7 Å². The number of hydrogen-bond acceptors (Lipinski definition) is 8. The van der Waals surface area contributed by atoms with Gasteiger partial charge in [-0.2, -0.15) is 4.98 Å². The highest BCUT2D eigenvalue weighted by atomic mass is 35.5. The summed E-state index contributed by atoms with van der Waals surface area (Å²) in [6.45, 7) is 10.6. The van der Waals surface area contributed by atoms with E-state index in [2.05, 4.69) is 21.5 Å². The standard InChI is InChI=1S/C30H32ClFN8O2/c1-7-25(41)38-13-18(3)39(14-17(38)2)28-21-12-22(31)26(20-10-8-9-11-23(20)32)35-29(21)40(30(42)36-28)27-19(4)33-16-34-24(27)15-37(5)6/h7-12,16-18H,1,13-15H2,2-6H3. The third kappa shape index (κ3) is 5.25. The lowest BCUT2D eigenvalue weighted by molar-refractivity contribution is -0.128. The van der Waals surface area contributed by atoms with Gasteiger partial charge in [-0.1, -0.05) is 30.3 Å². The molecule has 1 saturated heterocycles. The number of pyridine rings is 1. The maximum atomic E-state index is 15.0. The number of carbonyl (C=O) groups is 1. The van der Waals surface area contributed by atoms with Crippen molar-refractivity contribution in [1.29, 1.82) is 0 Å². The molecule has 12 heteroatoms. The molecular weight excluding hydrogens is 559 g/mol. The summed E-state index contributed by atoms with van der Waals surface area (Å²) in [6.07, 6.45) is 2.76. The molecule has 1 aliphatic heterocycles. The van der Waals surface area contributed by atoms with E-state index in [4.69, 9.17) is 16.6 Å². The van der Waals surface area contributed by atoms with Crippen LogP contribution in [-0.2, 0) is 11.3 Å². The van der Waals surface area contributed by atoms with Crippen molar-refractivity contribution in [2.75, 3.05) is 32.1 Å². The number of anilines is 1. The first kappa shape index (κ1) is 29.3. The maximum Gasteiger partial charge on any atom is 0.355 e. The van der Waals surface area contributed by atoms with Crippen LogP contribution in [0.15, 0.2) is 54.1 Å². The van der Waals surface area contributed by atoms with Gasteiger partial charge in [0, 0.05) is 37.3 Å². The molecule has 1 fully saturated rings. The van der Waals surface area contributed by atoms with Crippen molar-refractivity contribution in [3.63, 3.8) is 0 Å². The molecule has 3 aromatic heterocycles. The van der Waals surface area contributed by atoms with E-state index in [9.17, 15) is 14.0 Å².